The average Bonchev–Trinajstić information content (AvgIpc) is 3.17. The molecule has 5 N–H and O–H groups in total. The number of rotatable bonds is 10. The molecule has 0 amide bonds. The van der Waals surface area contributed by atoms with E-state index < -0.39 is 144 Å². The number of Topliss-reactive ketones (excluding diaryl/α,β-unsaturated/α-hetero) is 2. The minimum absolute atomic E-state index is 0.0132. The van der Waals surface area contributed by atoms with Gasteiger partial charge in [-0.3, -0.25) is 24.0 Å². The van der Waals surface area contributed by atoms with Crippen LogP contribution in [0, 0.1) is 0 Å². The lowest BCUT2D eigenvalue weighted by atomic mass is 9.66. The van der Waals surface area contributed by atoms with Gasteiger partial charge in [-0.1, -0.05) is 0 Å². The Balaban J connectivity index is 1.17. The molecule has 0 spiro atoms. The van der Waals surface area contributed by atoms with Crippen LogP contribution in [-0.4, -0.2) is 148 Å². The molecule has 3 aliphatic heterocycles. The van der Waals surface area contributed by atoms with Gasteiger partial charge in [-0.2, -0.15) is 0 Å². The van der Waals surface area contributed by atoms with Crippen molar-refractivity contribution in [3.63, 3.8) is 0 Å². The Morgan fingerprint density at radius 3 is 2.11 bits per heavy atom. The molecular weight excluding hydrogens is 802 g/mol. The van der Waals surface area contributed by atoms with Crippen LogP contribution in [0.4, 0.5) is 0 Å². The number of methoxy groups -OCH3 is 1. The molecule has 5 aliphatic rings. The number of aromatic hydroxyl groups is 3. The smallest absolute Gasteiger partial charge is 0.316 e. The lowest BCUT2D eigenvalue weighted by molar-refractivity contribution is -0.324. The van der Waals surface area contributed by atoms with E-state index in [1.807, 2.05) is 19.0 Å². The number of esters is 1. The highest BCUT2D eigenvalue weighted by molar-refractivity contribution is 6.30. The van der Waals surface area contributed by atoms with E-state index in [1.54, 1.807) is 20.8 Å². The third-order valence-electron chi connectivity index (χ3n) is 12.5. The summed E-state index contributed by atoms with van der Waals surface area (Å²) in [7, 11) is 4.73. The highest BCUT2D eigenvalue weighted by Gasteiger charge is 2.55. The number of carbonyl (C=O) groups is 5. The van der Waals surface area contributed by atoms with Crippen LogP contribution >= 0.6 is 0 Å². The molecule has 0 bridgehead atoms. The Bertz CT molecular complexity index is 2090. The number of ether oxygens (including phenoxy) is 7. The summed E-state index contributed by atoms with van der Waals surface area (Å²) in [5.41, 5.74) is -4.07. The SMILES string of the molecule is COC(=O)C1c2cc3c(c(O)c2C(OC2CC(N(C)C)C(OC4CC(O)C(OC5CCC(=O)C(C)O5)C(C)O4)C(C)O2)CC1(O)CC(C)=O)C(=O)c1c(ccc(O)c1O)C3=O. The van der Waals surface area contributed by atoms with Crippen molar-refractivity contribution in [3.8, 4) is 17.2 Å². The minimum Gasteiger partial charge on any atom is -0.507 e. The molecule has 7 rings (SSSR count). The van der Waals surface area contributed by atoms with E-state index in [9.17, 15) is 49.5 Å². The van der Waals surface area contributed by atoms with Crippen molar-refractivity contribution in [3.05, 3.63) is 51.6 Å². The first-order valence-electron chi connectivity index (χ1n) is 20.4. The van der Waals surface area contributed by atoms with Gasteiger partial charge in [-0.05, 0) is 65.6 Å². The molecule has 3 saturated heterocycles. The van der Waals surface area contributed by atoms with Crippen LogP contribution in [-0.2, 0) is 47.5 Å². The first kappa shape index (κ1) is 44.7. The highest BCUT2D eigenvalue weighted by Crippen LogP contribution is 2.54. The molecule has 2 aliphatic carbocycles. The molecule has 13 atom stereocenters. The molecule has 2 aromatic carbocycles. The lowest BCUT2D eigenvalue weighted by Gasteiger charge is -2.48. The van der Waals surface area contributed by atoms with E-state index in [-0.39, 0.29) is 40.9 Å². The zero-order chi connectivity index (χ0) is 44.4. The van der Waals surface area contributed by atoms with Gasteiger partial charge in [0.15, 0.2) is 41.9 Å². The third kappa shape index (κ3) is 8.21. The quantitative estimate of drug-likeness (QED) is 0.145. The molecule has 2 aromatic rings. The number of aliphatic hydroxyl groups excluding tert-OH is 1. The van der Waals surface area contributed by atoms with Crippen molar-refractivity contribution in [2.75, 3.05) is 21.2 Å². The largest absolute Gasteiger partial charge is 0.507 e. The number of carbonyl (C=O) groups excluding carboxylic acids is 5. The Morgan fingerprint density at radius 2 is 1.49 bits per heavy atom. The third-order valence-corrected chi connectivity index (χ3v) is 12.5. The Morgan fingerprint density at radius 1 is 0.852 bits per heavy atom. The zero-order valence-electron chi connectivity index (χ0n) is 35.0. The summed E-state index contributed by atoms with van der Waals surface area (Å²) in [5.74, 6) is -7.19. The number of benzene rings is 2. The van der Waals surface area contributed by atoms with E-state index >= 15 is 0 Å². The van der Waals surface area contributed by atoms with E-state index in [1.165, 1.54) is 13.0 Å². The fraction of sp³-hybridized carbons (Fsp3) is 0.605. The van der Waals surface area contributed by atoms with Crippen LogP contribution in [0.1, 0.15) is 121 Å². The van der Waals surface area contributed by atoms with Crippen molar-refractivity contribution in [1.82, 2.24) is 4.90 Å². The molecule has 0 radical (unpaired) electrons. The molecule has 18 heteroatoms. The number of aliphatic hydroxyl groups is 2. The van der Waals surface area contributed by atoms with E-state index in [2.05, 4.69) is 0 Å². The highest BCUT2D eigenvalue weighted by atomic mass is 16.7. The van der Waals surface area contributed by atoms with Crippen LogP contribution < -0.4 is 0 Å². The van der Waals surface area contributed by atoms with Gasteiger partial charge < -0.3 is 63.6 Å². The fourth-order valence-electron chi connectivity index (χ4n) is 9.56. The number of likely N-dealkylation sites (N-methyl/N-ethyl adjacent to an activating group) is 1. The normalized spacial score (nSPS) is 35.0. The number of hydrogen-bond donors (Lipinski definition) is 5. The van der Waals surface area contributed by atoms with Gasteiger partial charge in [-0.25, -0.2) is 0 Å². The topological polar surface area (TPSA) is 254 Å². The van der Waals surface area contributed by atoms with Crippen LogP contribution in [0.2, 0.25) is 0 Å². The molecule has 18 nitrogen and oxygen atoms in total. The summed E-state index contributed by atoms with van der Waals surface area (Å²) >= 11 is 0. The van der Waals surface area contributed by atoms with E-state index in [0.717, 1.165) is 19.2 Å². The molecule has 13 unspecified atom stereocenters. The van der Waals surface area contributed by atoms with Crippen molar-refractivity contribution in [2.45, 2.75) is 145 Å². The van der Waals surface area contributed by atoms with Gasteiger partial charge in [0.05, 0.1) is 48.3 Å². The molecular formula is C43H53NO17. The Hall–Kier alpha value is -4.37. The fourth-order valence-corrected chi connectivity index (χ4v) is 9.56. The summed E-state index contributed by atoms with van der Waals surface area (Å²) in [5, 5.41) is 56.3. The van der Waals surface area contributed by atoms with Gasteiger partial charge in [0.1, 0.15) is 35.8 Å². The molecule has 3 heterocycles. The van der Waals surface area contributed by atoms with Gasteiger partial charge >= 0.3 is 5.97 Å². The second-order valence-corrected chi connectivity index (χ2v) is 17.0. The predicted molar refractivity (Wildman–Crippen MR) is 208 cm³/mol. The van der Waals surface area contributed by atoms with Crippen LogP contribution in [0.25, 0.3) is 0 Å². The second kappa shape index (κ2) is 17.1. The number of phenols is 3. The summed E-state index contributed by atoms with van der Waals surface area (Å²) in [6.45, 7) is 6.39. The van der Waals surface area contributed by atoms with Crippen LogP contribution in [0.5, 0.6) is 17.2 Å². The van der Waals surface area contributed by atoms with E-state index in [4.69, 9.17) is 33.2 Å². The first-order valence-corrected chi connectivity index (χ1v) is 20.4. The predicted octanol–water partition coefficient (Wildman–Crippen LogP) is 2.43. The molecule has 61 heavy (non-hydrogen) atoms. The summed E-state index contributed by atoms with van der Waals surface area (Å²) in [6, 6.07) is 2.95. The average molecular weight is 856 g/mol. The molecule has 332 valence electrons. The maximum absolute atomic E-state index is 14.0. The van der Waals surface area contributed by atoms with Crippen molar-refractivity contribution < 1.29 is 82.7 Å². The second-order valence-electron chi connectivity index (χ2n) is 17.0. The number of ketones is 4. The lowest BCUT2D eigenvalue weighted by Crippen LogP contribution is -2.58. The summed E-state index contributed by atoms with van der Waals surface area (Å²) in [4.78, 5) is 67.9. The number of phenolic OH excluding ortho intramolecular Hbond substituents is 3. The molecule has 3 fully saturated rings. The van der Waals surface area contributed by atoms with Gasteiger partial charge in [0.25, 0.3) is 0 Å². The van der Waals surface area contributed by atoms with Gasteiger partial charge in [-0.15, -0.1) is 0 Å². The van der Waals surface area contributed by atoms with Gasteiger partial charge in [0.2, 0.25) is 5.78 Å². The number of hydrogen-bond acceptors (Lipinski definition) is 18. The van der Waals surface area contributed by atoms with Crippen LogP contribution in [0.15, 0.2) is 18.2 Å². The van der Waals surface area contributed by atoms with Gasteiger partial charge in [0, 0.05) is 61.3 Å². The van der Waals surface area contributed by atoms with Crippen molar-refractivity contribution >= 4 is 29.1 Å². The first-order chi connectivity index (χ1) is 28.7. The maximum Gasteiger partial charge on any atom is 0.316 e. The Kier molecular flexibility index (Phi) is 12.5. The van der Waals surface area contributed by atoms with Crippen molar-refractivity contribution in [1.29, 1.82) is 0 Å². The summed E-state index contributed by atoms with van der Waals surface area (Å²) in [6.07, 6.45) is -8.42. The number of nitrogens with zero attached hydrogens (tertiary/aromatic N) is 1. The minimum atomic E-state index is -2.16. The standard InChI is InChI=1S/C43H53NO17/c1-17(45)15-43(54)16-28(32-22(35(43)42(53)55-7)12-23-34(38(32)51)39(52)33-21(36(23)49)8-9-26(47)37(33)50)59-30-13-24(44(5)6)40(19(3)57-30)61-31-14-27(48)41(20(4)58-31)60-29-11-10-25(46)18(2)56-29/h8-9,12,18-20,24,27-31,35,40-41,47-48,50-51,54H,10-11,13-16H2,1-7H3. The summed E-state index contributed by atoms with van der Waals surface area (Å²) < 4.78 is 42.4. The maximum atomic E-state index is 14.0. The molecule has 0 saturated carbocycles. The number of fused-ring (bicyclic) bond motifs is 3. The zero-order valence-corrected chi connectivity index (χ0v) is 35.0. The van der Waals surface area contributed by atoms with Crippen LogP contribution in [0.3, 0.4) is 0 Å². The Labute approximate surface area is 351 Å². The monoisotopic (exact) mass is 855 g/mol. The molecule has 0 aromatic heterocycles. The van der Waals surface area contributed by atoms with Crippen molar-refractivity contribution in [2.24, 2.45) is 0 Å². The van der Waals surface area contributed by atoms with E-state index in [0.29, 0.717) is 12.8 Å².